The van der Waals surface area contributed by atoms with E-state index in [2.05, 4.69) is 16.2 Å². The van der Waals surface area contributed by atoms with E-state index in [0.29, 0.717) is 5.82 Å². The van der Waals surface area contributed by atoms with Gasteiger partial charge in [0.1, 0.15) is 6.10 Å². The molecule has 3 nitrogen and oxygen atoms in total. The largest absolute Gasteiger partial charge is 0.385 e. The van der Waals surface area contributed by atoms with E-state index in [1.807, 2.05) is 0 Å². The summed E-state index contributed by atoms with van der Waals surface area (Å²) >= 11 is 0. The predicted molar refractivity (Wildman–Crippen MR) is 31.5 cm³/mol. The molecule has 1 aromatic heterocycles. The van der Waals surface area contributed by atoms with Crippen LogP contribution in [-0.2, 0) is 0 Å². The number of aliphatic hydroxyl groups is 1. The molecule has 0 amide bonds. The van der Waals surface area contributed by atoms with Gasteiger partial charge in [-0.05, 0) is 13.0 Å². The van der Waals surface area contributed by atoms with Crippen LogP contribution in [-0.4, -0.2) is 15.1 Å². The summed E-state index contributed by atoms with van der Waals surface area (Å²) in [5.41, 5.74) is 0. The van der Waals surface area contributed by atoms with Crippen molar-refractivity contribution in [2.24, 2.45) is 0 Å². The van der Waals surface area contributed by atoms with E-state index < -0.39 is 6.10 Å². The maximum atomic E-state index is 8.88. The van der Waals surface area contributed by atoms with Gasteiger partial charge in [-0.1, -0.05) is 0 Å². The van der Waals surface area contributed by atoms with Gasteiger partial charge in [-0.15, -0.1) is 0 Å². The molecule has 47 valence electrons. The van der Waals surface area contributed by atoms with Crippen molar-refractivity contribution in [2.45, 2.75) is 13.0 Å². The highest BCUT2D eigenvalue weighted by atomic mass is 16.3. The van der Waals surface area contributed by atoms with E-state index in [9.17, 15) is 0 Å². The predicted octanol–water partition coefficient (Wildman–Crippen LogP) is 0.330. The van der Waals surface area contributed by atoms with Crippen molar-refractivity contribution in [1.82, 2.24) is 9.97 Å². The van der Waals surface area contributed by atoms with E-state index in [-0.39, 0.29) is 0 Å². The van der Waals surface area contributed by atoms with Crippen molar-refractivity contribution < 1.29 is 5.11 Å². The standard InChI is InChI=1S/C6H7N2O/c1-5(9)6-7-3-2-4-8-6/h2-3,5,9H,1H3/t5-/m0/s1. The molecule has 0 aliphatic heterocycles. The first-order valence-electron chi connectivity index (χ1n) is 2.68. The molecule has 0 unspecified atom stereocenters. The van der Waals surface area contributed by atoms with Gasteiger partial charge in [0.15, 0.2) is 5.82 Å². The quantitative estimate of drug-likeness (QED) is 0.585. The Balaban J connectivity index is 2.85. The molecule has 0 saturated heterocycles. The van der Waals surface area contributed by atoms with Gasteiger partial charge in [0.25, 0.3) is 0 Å². The normalized spacial score (nSPS) is 13.1. The van der Waals surface area contributed by atoms with Crippen molar-refractivity contribution in [3.05, 3.63) is 24.3 Å². The third-order valence-electron chi connectivity index (χ3n) is 0.909. The molecule has 1 radical (unpaired) electrons. The summed E-state index contributed by atoms with van der Waals surface area (Å²) < 4.78 is 0. The zero-order valence-corrected chi connectivity index (χ0v) is 5.07. The molecule has 1 atom stereocenters. The van der Waals surface area contributed by atoms with Crippen molar-refractivity contribution in [2.75, 3.05) is 0 Å². The van der Waals surface area contributed by atoms with E-state index in [1.54, 1.807) is 19.2 Å². The number of rotatable bonds is 1. The Morgan fingerprint density at radius 3 is 2.89 bits per heavy atom. The summed E-state index contributed by atoms with van der Waals surface area (Å²) in [6, 6.07) is 1.59. The average Bonchev–Trinajstić information content (AvgIpc) is 1.90. The average molecular weight is 123 g/mol. The molecule has 1 aromatic rings. The van der Waals surface area contributed by atoms with Gasteiger partial charge >= 0.3 is 0 Å². The summed E-state index contributed by atoms with van der Waals surface area (Å²) in [6.45, 7) is 1.61. The zero-order valence-electron chi connectivity index (χ0n) is 5.07. The molecule has 0 saturated carbocycles. The van der Waals surface area contributed by atoms with E-state index in [4.69, 9.17) is 5.11 Å². The smallest absolute Gasteiger partial charge is 0.157 e. The minimum absolute atomic E-state index is 0.414. The lowest BCUT2D eigenvalue weighted by Gasteiger charge is -1.97. The Hall–Kier alpha value is -0.960. The van der Waals surface area contributed by atoms with Crippen molar-refractivity contribution in [1.29, 1.82) is 0 Å². The van der Waals surface area contributed by atoms with Crippen LogP contribution >= 0.6 is 0 Å². The molecular weight excluding hydrogens is 116 g/mol. The first-order chi connectivity index (χ1) is 4.30. The van der Waals surface area contributed by atoms with Crippen molar-refractivity contribution in [3.8, 4) is 0 Å². The fourth-order valence-corrected chi connectivity index (χ4v) is 0.481. The van der Waals surface area contributed by atoms with Crippen LogP contribution in [0.4, 0.5) is 0 Å². The van der Waals surface area contributed by atoms with Crippen LogP contribution in [0, 0.1) is 6.20 Å². The number of aliphatic hydroxyl groups excluding tert-OH is 1. The fourth-order valence-electron chi connectivity index (χ4n) is 0.481. The van der Waals surface area contributed by atoms with Crippen LogP contribution < -0.4 is 0 Å². The van der Waals surface area contributed by atoms with E-state index in [1.165, 1.54) is 0 Å². The molecule has 0 aliphatic carbocycles. The van der Waals surface area contributed by atoms with Gasteiger partial charge in [0.2, 0.25) is 0 Å². The molecule has 0 aromatic carbocycles. The van der Waals surface area contributed by atoms with Crippen LogP contribution in [0.3, 0.4) is 0 Å². The molecule has 1 rings (SSSR count). The van der Waals surface area contributed by atoms with Crippen LogP contribution in [0.5, 0.6) is 0 Å². The second kappa shape index (κ2) is 2.55. The first kappa shape index (κ1) is 6.16. The third-order valence-corrected chi connectivity index (χ3v) is 0.909. The highest BCUT2D eigenvalue weighted by molar-refractivity contribution is 4.89. The highest BCUT2D eigenvalue weighted by Gasteiger charge is 1.99. The lowest BCUT2D eigenvalue weighted by Crippen LogP contribution is -1.97. The Morgan fingerprint density at radius 1 is 1.78 bits per heavy atom. The molecule has 3 heteroatoms. The van der Waals surface area contributed by atoms with Gasteiger partial charge in [-0.2, -0.15) is 0 Å². The molecule has 0 fully saturated rings. The second-order valence-electron chi connectivity index (χ2n) is 1.72. The van der Waals surface area contributed by atoms with Gasteiger partial charge in [-0.25, -0.2) is 9.97 Å². The molecule has 0 bridgehead atoms. The topological polar surface area (TPSA) is 46.0 Å². The van der Waals surface area contributed by atoms with Crippen molar-refractivity contribution >= 4 is 0 Å². The molecule has 1 N–H and O–H groups in total. The Bertz CT molecular complexity index is 174. The van der Waals surface area contributed by atoms with Crippen LogP contribution in [0.15, 0.2) is 12.3 Å². The van der Waals surface area contributed by atoms with E-state index in [0.717, 1.165) is 0 Å². The number of nitrogens with zero attached hydrogens (tertiary/aromatic N) is 2. The minimum Gasteiger partial charge on any atom is -0.385 e. The Kier molecular flexibility index (Phi) is 1.75. The summed E-state index contributed by atoms with van der Waals surface area (Å²) in [5, 5.41) is 8.88. The lowest BCUT2D eigenvalue weighted by atomic mass is 10.4. The number of aromatic nitrogens is 2. The number of hydrogen-bond acceptors (Lipinski definition) is 3. The summed E-state index contributed by atoms with van der Waals surface area (Å²) in [5.74, 6) is 0.414. The second-order valence-corrected chi connectivity index (χ2v) is 1.72. The SMILES string of the molecule is C[C@H](O)c1n[c]ccn1. The summed E-state index contributed by atoms with van der Waals surface area (Å²) in [4.78, 5) is 7.48. The molecule has 0 aliphatic rings. The highest BCUT2D eigenvalue weighted by Crippen LogP contribution is 2.01. The van der Waals surface area contributed by atoms with Gasteiger partial charge in [0.05, 0.1) is 6.20 Å². The summed E-state index contributed by atoms with van der Waals surface area (Å²) in [6.07, 6.45) is 3.53. The van der Waals surface area contributed by atoms with Gasteiger partial charge in [0, 0.05) is 6.20 Å². The monoisotopic (exact) mass is 123 g/mol. The minimum atomic E-state index is -0.595. The lowest BCUT2D eigenvalue weighted by molar-refractivity contribution is 0.189. The maximum Gasteiger partial charge on any atom is 0.157 e. The number of hydrogen-bond donors (Lipinski definition) is 1. The molecule has 1 heterocycles. The van der Waals surface area contributed by atoms with Crippen molar-refractivity contribution in [3.63, 3.8) is 0 Å². The third kappa shape index (κ3) is 1.47. The maximum absolute atomic E-state index is 8.88. The molecule has 9 heavy (non-hydrogen) atoms. The zero-order chi connectivity index (χ0) is 6.69. The van der Waals surface area contributed by atoms with E-state index >= 15 is 0 Å². The molecular formula is C6H7N2O. The van der Waals surface area contributed by atoms with Crippen LogP contribution in [0.25, 0.3) is 0 Å². The van der Waals surface area contributed by atoms with Crippen LogP contribution in [0.1, 0.15) is 18.9 Å². The first-order valence-corrected chi connectivity index (χ1v) is 2.68. The van der Waals surface area contributed by atoms with Gasteiger partial charge in [-0.3, -0.25) is 0 Å². The Morgan fingerprint density at radius 2 is 2.56 bits per heavy atom. The summed E-state index contributed by atoms with van der Waals surface area (Å²) in [7, 11) is 0. The van der Waals surface area contributed by atoms with Gasteiger partial charge < -0.3 is 5.11 Å². The fraction of sp³-hybridized carbons (Fsp3) is 0.333. The van der Waals surface area contributed by atoms with Crippen LogP contribution in [0.2, 0.25) is 0 Å². The molecule has 0 spiro atoms. The Labute approximate surface area is 53.4 Å².